The van der Waals surface area contributed by atoms with Crippen LogP contribution in [-0.2, 0) is 0 Å². The molecule has 0 aliphatic heterocycles. The van der Waals surface area contributed by atoms with Gasteiger partial charge in [-0.15, -0.1) is 0 Å². The molecular weight excluding hydrogens is 236 g/mol. The number of hydrogen-bond acceptors (Lipinski definition) is 1. The molecule has 0 aliphatic carbocycles. The van der Waals surface area contributed by atoms with Crippen molar-refractivity contribution in [3.8, 4) is 0 Å². The Hall–Kier alpha value is -1.77. The van der Waals surface area contributed by atoms with Gasteiger partial charge in [-0.1, -0.05) is 26.3 Å². The fraction of sp³-hybridized carbons (Fsp3) is 0.438. The zero-order valence-electron chi connectivity index (χ0n) is 12.1. The number of carbonyl (C=O) groups excluding carboxylic acids is 1. The predicted octanol–water partition coefficient (Wildman–Crippen LogP) is 3.56. The van der Waals surface area contributed by atoms with E-state index < -0.39 is 0 Å². The molecule has 2 aromatic rings. The molecule has 19 heavy (non-hydrogen) atoms. The van der Waals surface area contributed by atoms with E-state index in [0.717, 1.165) is 23.9 Å². The van der Waals surface area contributed by atoms with E-state index in [1.165, 1.54) is 11.1 Å². The van der Waals surface area contributed by atoms with Gasteiger partial charge in [-0.3, -0.25) is 4.79 Å². The lowest BCUT2D eigenvalue weighted by atomic mass is 10.1. The van der Waals surface area contributed by atoms with Gasteiger partial charge in [0.25, 0.3) is 5.91 Å². The number of benzene rings is 1. The Labute approximate surface area is 114 Å². The van der Waals surface area contributed by atoms with Crippen molar-refractivity contribution in [1.29, 1.82) is 0 Å². The molecule has 0 fully saturated rings. The minimum Gasteiger partial charge on any atom is -0.351 e. The molecule has 0 unspecified atom stereocenters. The van der Waals surface area contributed by atoms with Crippen LogP contribution in [0.1, 0.15) is 41.9 Å². The number of fused-ring (bicyclic) bond motifs is 1. The minimum absolute atomic E-state index is 0.0199. The maximum absolute atomic E-state index is 12.1. The Morgan fingerprint density at radius 3 is 2.74 bits per heavy atom. The van der Waals surface area contributed by atoms with Gasteiger partial charge >= 0.3 is 0 Å². The summed E-state index contributed by atoms with van der Waals surface area (Å²) < 4.78 is 0. The van der Waals surface area contributed by atoms with Crippen molar-refractivity contribution < 1.29 is 4.79 Å². The second-order valence-corrected chi connectivity index (χ2v) is 5.45. The third-order valence-corrected chi connectivity index (χ3v) is 3.64. The summed E-state index contributed by atoms with van der Waals surface area (Å²) in [6.07, 6.45) is 1.07. The third-order valence-electron chi connectivity index (χ3n) is 3.64. The van der Waals surface area contributed by atoms with Crippen LogP contribution in [0.4, 0.5) is 0 Å². The maximum atomic E-state index is 12.1. The number of aryl methyl sites for hydroxylation is 2. The van der Waals surface area contributed by atoms with Gasteiger partial charge < -0.3 is 10.3 Å². The lowest BCUT2D eigenvalue weighted by molar-refractivity contribution is 0.0943. The van der Waals surface area contributed by atoms with Crippen LogP contribution in [0.15, 0.2) is 18.2 Å². The summed E-state index contributed by atoms with van der Waals surface area (Å²) in [7, 11) is 0. The molecule has 0 bridgehead atoms. The van der Waals surface area contributed by atoms with E-state index >= 15 is 0 Å². The van der Waals surface area contributed by atoms with Crippen molar-refractivity contribution in [2.75, 3.05) is 6.54 Å². The van der Waals surface area contributed by atoms with Gasteiger partial charge in [-0.2, -0.15) is 0 Å². The van der Waals surface area contributed by atoms with E-state index in [4.69, 9.17) is 0 Å². The van der Waals surface area contributed by atoms with Crippen LogP contribution < -0.4 is 5.32 Å². The first-order chi connectivity index (χ1) is 9.01. The lowest BCUT2D eigenvalue weighted by Crippen LogP contribution is -2.28. The van der Waals surface area contributed by atoms with E-state index in [-0.39, 0.29) is 5.91 Å². The Balaban J connectivity index is 2.21. The van der Waals surface area contributed by atoms with Crippen LogP contribution in [0.25, 0.3) is 10.9 Å². The van der Waals surface area contributed by atoms with E-state index in [0.29, 0.717) is 11.6 Å². The first-order valence-corrected chi connectivity index (χ1v) is 6.89. The van der Waals surface area contributed by atoms with Gasteiger partial charge in [0, 0.05) is 17.4 Å². The number of carbonyl (C=O) groups is 1. The first kappa shape index (κ1) is 13.7. The normalized spacial score (nSPS) is 12.6. The van der Waals surface area contributed by atoms with Gasteiger partial charge in [0.1, 0.15) is 5.69 Å². The van der Waals surface area contributed by atoms with Crippen molar-refractivity contribution in [3.05, 3.63) is 35.0 Å². The fourth-order valence-electron chi connectivity index (χ4n) is 2.23. The van der Waals surface area contributed by atoms with E-state index in [1.54, 1.807) is 0 Å². The molecule has 102 valence electrons. The molecule has 3 heteroatoms. The number of nitrogens with one attached hydrogen (secondary N) is 2. The van der Waals surface area contributed by atoms with E-state index in [2.05, 4.69) is 50.1 Å². The Kier molecular flexibility index (Phi) is 3.93. The van der Waals surface area contributed by atoms with Crippen molar-refractivity contribution in [1.82, 2.24) is 10.3 Å². The molecule has 0 saturated heterocycles. The van der Waals surface area contributed by atoms with Crippen LogP contribution in [0, 0.1) is 19.8 Å². The Morgan fingerprint density at radius 2 is 2.05 bits per heavy atom. The molecule has 0 spiro atoms. The molecule has 1 aromatic carbocycles. The number of H-pyrrole nitrogens is 1. The topological polar surface area (TPSA) is 44.9 Å². The molecule has 0 aliphatic rings. The largest absolute Gasteiger partial charge is 0.351 e. The molecule has 0 saturated carbocycles. The summed E-state index contributed by atoms with van der Waals surface area (Å²) in [5.41, 5.74) is 4.09. The highest BCUT2D eigenvalue weighted by Gasteiger charge is 2.11. The second kappa shape index (κ2) is 5.47. The summed E-state index contributed by atoms with van der Waals surface area (Å²) in [4.78, 5) is 15.3. The average molecular weight is 258 g/mol. The van der Waals surface area contributed by atoms with Crippen molar-refractivity contribution in [3.63, 3.8) is 0 Å². The predicted molar refractivity (Wildman–Crippen MR) is 79.6 cm³/mol. The van der Waals surface area contributed by atoms with E-state index in [9.17, 15) is 4.79 Å². The molecule has 2 rings (SSSR count). The highest BCUT2D eigenvalue weighted by Crippen LogP contribution is 2.21. The Bertz CT molecular complexity index is 598. The fourth-order valence-corrected chi connectivity index (χ4v) is 2.23. The molecule has 1 amide bonds. The summed E-state index contributed by atoms with van der Waals surface area (Å²) in [6, 6.07) is 6.15. The van der Waals surface area contributed by atoms with Gasteiger partial charge in [0.05, 0.1) is 0 Å². The first-order valence-electron chi connectivity index (χ1n) is 6.89. The van der Waals surface area contributed by atoms with Crippen LogP contribution in [0.5, 0.6) is 0 Å². The minimum atomic E-state index is -0.0199. The van der Waals surface area contributed by atoms with Crippen molar-refractivity contribution >= 4 is 16.8 Å². The quantitative estimate of drug-likeness (QED) is 0.865. The summed E-state index contributed by atoms with van der Waals surface area (Å²) in [5.74, 6) is 0.492. The summed E-state index contributed by atoms with van der Waals surface area (Å²) in [5, 5.41) is 4.10. The van der Waals surface area contributed by atoms with Gasteiger partial charge in [0.15, 0.2) is 0 Å². The smallest absolute Gasteiger partial charge is 0.267 e. The number of aromatic nitrogens is 1. The van der Waals surface area contributed by atoms with Crippen LogP contribution in [0.2, 0.25) is 0 Å². The standard InChI is InChI=1S/C16H22N2O/c1-5-10(2)9-17-16(19)15-8-13-12(4)6-11(3)7-14(13)18-15/h6-8,10,18H,5,9H2,1-4H3,(H,17,19)/t10-/m1/s1. The molecular formula is C16H22N2O. The van der Waals surface area contributed by atoms with Gasteiger partial charge in [-0.05, 0) is 43.0 Å². The zero-order valence-corrected chi connectivity index (χ0v) is 12.1. The van der Waals surface area contributed by atoms with Crippen LogP contribution in [-0.4, -0.2) is 17.4 Å². The highest BCUT2D eigenvalue weighted by molar-refractivity contribution is 5.98. The van der Waals surface area contributed by atoms with E-state index in [1.807, 2.05) is 6.07 Å². The second-order valence-electron chi connectivity index (χ2n) is 5.45. The monoisotopic (exact) mass is 258 g/mol. The SMILES string of the molecule is CC[C@@H](C)CNC(=O)c1cc2c(C)cc(C)cc2[nH]1. The number of rotatable bonds is 4. The Morgan fingerprint density at radius 1 is 1.32 bits per heavy atom. The molecule has 1 atom stereocenters. The van der Waals surface area contributed by atoms with Gasteiger partial charge in [0.2, 0.25) is 0 Å². The van der Waals surface area contributed by atoms with Crippen LogP contribution >= 0.6 is 0 Å². The number of amides is 1. The molecule has 2 N–H and O–H groups in total. The number of hydrogen-bond donors (Lipinski definition) is 2. The zero-order chi connectivity index (χ0) is 14.0. The number of aromatic amines is 1. The summed E-state index contributed by atoms with van der Waals surface area (Å²) >= 11 is 0. The summed E-state index contributed by atoms with van der Waals surface area (Å²) in [6.45, 7) is 9.13. The van der Waals surface area contributed by atoms with Crippen LogP contribution in [0.3, 0.4) is 0 Å². The highest BCUT2D eigenvalue weighted by atomic mass is 16.1. The average Bonchev–Trinajstić information content (AvgIpc) is 2.79. The third kappa shape index (κ3) is 2.98. The maximum Gasteiger partial charge on any atom is 0.267 e. The van der Waals surface area contributed by atoms with Gasteiger partial charge in [-0.25, -0.2) is 0 Å². The molecule has 3 nitrogen and oxygen atoms in total. The lowest BCUT2D eigenvalue weighted by Gasteiger charge is -2.08. The molecule has 0 radical (unpaired) electrons. The molecule has 1 heterocycles. The molecule has 1 aromatic heterocycles. The van der Waals surface area contributed by atoms with Crippen molar-refractivity contribution in [2.45, 2.75) is 34.1 Å². The van der Waals surface area contributed by atoms with Crippen molar-refractivity contribution in [2.24, 2.45) is 5.92 Å².